The standard InChI is InChI=1S/C14H26N2O2/c1-3-15-9-12-4-6-16(7-5-12)14(17)13-8-11(2)18-10-13/h11-13,15H,3-10H2,1-2H3. The van der Waals surface area contributed by atoms with E-state index in [1.807, 2.05) is 0 Å². The molecule has 0 aromatic carbocycles. The Labute approximate surface area is 110 Å². The predicted octanol–water partition coefficient (Wildman–Crippen LogP) is 1.26. The second kappa shape index (κ2) is 6.53. The number of carbonyl (C=O) groups excluding carboxylic acids is 1. The minimum atomic E-state index is 0.116. The Balaban J connectivity index is 1.73. The van der Waals surface area contributed by atoms with Crippen LogP contribution in [0.3, 0.4) is 0 Å². The van der Waals surface area contributed by atoms with Crippen molar-refractivity contribution in [2.75, 3.05) is 32.8 Å². The fourth-order valence-electron chi connectivity index (χ4n) is 2.95. The molecule has 0 radical (unpaired) electrons. The highest BCUT2D eigenvalue weighted by Gasteiger charge is 2.33. The molecule has 2 unspecified atom stereocenters. The predicted molar refractivity (Wildman–Crippen MR) is 71.4 cm³/mol. The summed E-state index contributed by atoms with van der Waals surface area (Å²) in [5.41, 5.74) is 0. The van der Waals surface area contributed by atoms with Crippen LogP contribution in [0.5, 0.6) is 0 Å². The van der Waals surface area contributed by atoms with Gasteiger partial charge in [0.2, 0.25) is 5.91 Å². The third kappa shape index (κ3) is 3.45. The van der Waals surface area contributed by atoms with Crippen molar-refractivity contribution in [1.29, 1.82) is 0 Å². The maximum absolute atomic E-state index is 12.3. The Kier molecular flexibility index (Phi) is 5.01. The second-order valence-corrected chi connectivity index (χ2v) is 5.65. The molecule has 104 valence electrons. The first-order valence-electron chi connectivity index (χ1n) is 7.31. The van der Waals surface area contributed by atoms with E-state index < -0.39 is 0 Å². The van der Waals surface area contributed by atoms with Crippen molar-refractivity contribution in [1.82, 2.24) is 10.2 Å². The third-order valence-electron chi connectivity index (χ3n) is 4.16. The fourth-order valence-corrected chi connectivity index (χ4v) is 2.95. The Morgan fingerprint density at radius 3 is 2.67 bits per heavy atom. The Morgan fingerprint density at radius 2 is 2.11 bits per heavy atom. The molecule has 18 heavy (non-hydrogen) atoms. The number of hydrogen-bond donors (Lipinski definition) is 1. The second-order valence-electron chi connectivity index (χ2n) is 5.65. The summed E-state index contributed by atoms with van der Waals surface area (Å²) in [6, 6.07) is 0. The average molecular weight is 254 g/mol. The molecule has 4 nitrogen and oxygen atoms in total. The molecule has 2 heterocycles. The van der Waals surface area contributed by atoms with Crippen molar-refractivity contribution >= 4 is 5.91 Å². The highest BCUT2D eigenvalue weighted by molar-refractivity contribution is 5.79. The van der Waals surface area contributed by atoms with Crippen molar-refractivity contribution in [3.8, 4) is 0 Å². The van der Waals surface area contributed by atoms with E-state index in [-0.39, 0.29) is 12.0 Å². The number of nitrogens with one attached hydrogen (secondary N) is 1. The topological polar surface area (TPSA) is 41.6 Å². The van der Waals surface area contributed by atoms with Crippen molar-refractivity contribution in [3.05, 3.63) is 0 Å². The van der Waals surface area contributed by atoms with Crippen LogP contribution in [-0.4, -0.2) is 49.7 Å². The minimum absolute atomic E-state index is 0.116. The third-order valence-corrected chi connectivity index (χ3v) is 4.16. The molecule has 0 aromatic rings. The molecular formula is C14H26N2O2. The van der Waals surface area contributed by atoms with E-state index in [0.717, 1.165) is 51.4 Å². The monoisotopic (exact) mass is 254 g/mol. The summed E-state index contributed by atoms with van der Waals surface area (Å²) in [4.78, 5) is 14.3. The number of amides is 1. The quantitative estimate of drug-likeness (QED) is 0.821. The molecule has 4 heteroatoms. The molecule has 1 N–H and O–H groups in total. The number of likely N-dealkylation sites (tertiary alicyclic amines) is 1. The number of ether oxygens (including phenoxy) is 1. The lowest BCUT2D eigenvalue weighted by Gasteiger charge is -2.33. The van der Waals surface area contributed by atoms with Crippen LogP contribution < -0.4 is 5.32 Å². The van der Waals surface area contributed by atoms with Crippen molar-refractivity contribution in [2.24, 2.45) is 11.8 Å². The molecule has 0 saturated carbocycles. The molecule has 2 fully saturated rings. The molecule has 2 aliphatic rings. The van der Waals surface area contributed by atoms with E-state index in [9.17, 15) is 4.79 Å². The minimum Gasteiger partial charge on any atom is -0.378 e. The molecule has 2 rings (SSSR count). The normalized spacial score (nSPS) is 29.8. The first-order valence-corrected chi connectivity index (χ1v) is 7.31. The zero-order chi connectivity index (χ0) is 13.0. The largest absolute Gasteiger partial charge is 0.378 e. The molecule has 2 aliphatic heterocycles. The SMILES string of the molecule is CCNCC1CCN(C(=O)C2COC(C)C2)CC1. The van der Waals surface area contributed by atoms with Crippen molar-refractivity contribution < 1.29 is 9.53 Å². The highest BCUT2D eigenvalue weighted by atomic mass is 16.5. The number of hydrogen-bond acceptors (Lipinski definition) is 3. The van der Waals surface area contributed by atoms with Gasteiger partial charge in [-0.3, -0.25) is 4.79 Å². The number of carbonyl (C=O) groups is 1. The summed E-state index contributed by atoms with van der Waals surface area (Å²) in [7, 11) is 0. The molecule has 1 amide bonds. The summed E-state index contributed by atoms with van der Waals surface area (Å²) in [6.07, 6.45) is 3.44. The lowest BCUT2D eigenvalue weighted by molar-refractivity contribution is -0.136. The first kappa shape index (κ1) is 13.8. The van der Waals surface area contributed by atoms with Gasteiger partial charge in [0.1, 0.15) is 0 Å². The Morgan fingerprint density at radius 1 is 1.39 bits per heavy atom. The van der Waals surface area contributed by atoms with E-state index in [2.05, 4.69) is 24.1 Å². The van der Waals surface area contributed by atoms with Gasteiger partial charge in [-0.15, -0.1) is 0 Å². The summed E-state index contributed by atoms with van der Waals surface area (Å²) in [5, 5.41) is 3.40. The summed E-state index contributed by atoms with van der Waals surface area (Å²) in [5.74, 6) is 1.18. The molecule has 2 atom stereocenters. The van der Waals surface area contributed by atoms with Gasteiger partial charge in [0.25, 0.3) is 0 Å². The number of nitrogens with zero attached hydrogens (tertiary/aromatic N) is 1. The van der Waals surface area contributed by atoms with Crippen LogP contribution in [0.4, 0.5) is 0 Å². The van der Waals surface area contributed by atoms with Crippen LogP contribution in [0.15, 0.2) is 0 Å². The molecule has 0 bridgehead atoms. The highest BCUT2D eigenvalue weighted by Crippen LogP contribution is 2.24. The molecular weight excluding hydrogens is 228 g/mol. The van der Waals surface area contributed by atoms with Gasteiger partial charge in [0.15, 0.2) is 0 Å². The van der Waals surface area contributed by atoms with E-state index in [4.69, 9.17) is 4.74 Å². The van der Waals surface area contributed by atoms with E-state index in [0.29, 0.717) is 12.5 Å². The van der Waals surface area contributed by atoms with E-state index in [1.165, 1.54) is 0 Å². The maximum atomic E-state index is 12.3. The summed E-state index contributed by atoms with van der Waals surface area (Å²) in [6.45, 7) is 8.81. The number of rotatable bonds is 4. The first-order chi connectivity index (χ1) is 8.70. The lowest BCUT2D eigenvalue weighted by Crippen LogP contribution is -2.43. The molecule has 0 aliphatic carbocycles. The fraction of sp³-hybridized carbons (Fsp3) is 0.929. The van der Waals surface area contributed by atoms with Gasteiger partial charge in [-0.2, -0.15) is 0 Å². The van der Waals surface area contributed by atoms with Gasteiger partial charge in [-0.05, 0) is 45.2 Å². The molecule has 0 spiro atoms. The van der Waals surface area contributed by atoms with Gasteiger partial charge in [0.05, 0.1) is 18.6 Å². The molecule has 0 aromatic heterocycles. The summed E-state index contributed by atoms with van der Waals surface area (Å²) < 4.78 is 5.49. The van der Waals surface area contributed by atoms with Gasteiger partial charge in [-0.25, -0.2) is 0 Å². The van der Waals surface area contributed by atoms with Crippen LogP contribution in [0.1, 0.15) is 33.1 Å². The van der Waals surface area contributed by atoms with Crippen molar-refractivity contribution in [2.45, 2.75) is 39.2 Å². The maximum Gasteiger partial charge on any atom is 0.228 e. The zero-order valence-corrected chi connectivity index (χ0v) is 11.7. The zero-order valence-electron chi connectivity index (χ0n) is 11.7. The van der Waals surface area contributed by atoms with Crippen LogP contribution in [0.2, 0.25) is 0 Å². The van der Waals surface area contributed by atoms with E-state index >= 15 is 0 Å². The average Bonchev–Trinajstić information content (AvgIpc) is 2.83. The van der Waals surface area contributed by atoms with Crippen LogP contribution in [-0.2, 0) is 9.53 Å². The summed E-state index contributed by atoms with van der Waals surface area (Å²) >= 11 is 0. The van der Waals surface area contributed by atoms with E-state index in [1.54, 1.807) is 0 Å². The number of piperidine rings is 1. The van der Waals surface area contributed by atoms with Gasteiger partial charge in [-0.1, -0.05) is 6.92 Å². The van der Waals surface area contributed by atoms with Gasteiger partial charge >= 0.3 is 0 Å². The van der Waals surface area contributed by atoms with Crippen LogP contribution in [0.25, 0.3) is 0 Å². The Bertz CT molecular complexity index is 275. The lowest BCUT2D eigenvalue weighted by atomic mass is 9.95. The van der Waals surface area contributed by atoms with Gasteiger partial charge in [0, 0.05) is 13.1 Å². The smallest absolute Gasteiger partial charge is 0.228 e. The van der Waals surface area contributed by atoms with Crippen molar-refractivity contribution in [3.63, 3.8) is 0 Å². The van der Waals surface area contributed by atoms with Crippen LogP contribution >= 0.6 is 0 Å². The van der Waals surface area contributed by atoms with Gasteiger partial charge < -0.3 is 15.0 Å². The van der Waals surface area contributed by atoms with Crippen LogP contribution in [0, 0.1) is 11.8 Å². The molecule has 2 saturated heterocycles. The Hall–Kier alpha value is -0.610.